The molecule has 0 N–H and O–H groups in total. The van der Waals surface area contributed by atoms with Crippen LogP contribution >= 0.6 is 0 Å². The average molecular weight is 290 g/mol. The van der Waals surface area contributed by atoms with Crippen molar-refractivity contribution in [3.05, 3.63) is 59.5 Å². The largest absolute Gasteiger partial charge is 0.418 e. The fourth-order valence-electron chi connectivity index (χ4n) is 2.57. The van der Waals surface area contributed by atoms with Gasteiger partial charge in [0.2, 0.25) is 0 Å². The van der Waals surface area contributed by atoms with E-state index >= 15 is 0 Å². The molecule has 21 heavy (non-hydrogen) atoms. The average Bonchev–Trinajstić information content (AvgIpc) is 2.76. The van der Waals surface area contributed by atoms with Crippen LogP contribution in [0, 0.1) is 13.8 Å². The minimum atomic E-state index is -4.43. The van der Waals surface area contributed by atoms with Gasteiger partial charge in [0.15, 0.2) is 0 Å². The molecule has 0 bridgehead atoms. The summed E-state index contributed by atoms with van der Waals surface area (Å²) >= 11 is 0. The first-order valence-electron chi connectivity index (χ1n) is 6.49. The van der Waals surface area contributed by atoms with Crippen molar-refractivity contribution >= 4 is 10.9 Å². The lowest BCUT2D eigenvalue weighted by molar-refractivity contribution is -0.137. The van der Waals surface area contributed by atoms with Crippen molar-refractivity contribution in [1.29, 1.82) is 0 Å². The Morgan fingerprint density at radius 1 is 1.00 bits per heavy atom. The molecule has 0 aliphatic rings. The molecule has 0 unspecified atom stereocenters. The van der Waals surface area contributed by atoms with Crippen LogP contribution in [-0.4, -0.2) is 9.55 Å². The Bertz CT molecular complexity index is 796. The van der Waals surface area contributed by atoms with Crippen molar-refractivity contribution in [2.24, 2.45) is 0 Å². The van der Waals surface area contributed by atoms with Gasteiger partial charge in [-0.2, -0.15) is 13.2 Å². The van der Waals surface area contributed by atoms with Gasteiger partial charge in [-0.3, -0.25) is 4.98 Å². The highest BCUT2D eigenvalue weighted by Gasteiger charge is 2.35. The van der Waals surface area contributed by atoms with E-state index in [0.717, 1.165) is 17.5 Å². The molecule has 2 heterocycles. The normalized spacial score (nSPS) is 12.0. The first-order chi connectivity index (χ1) is 9.88. The van der Waals surface area contributed by atoms with Crippen molar-refractivity contribution in [1.82, 2.24) is 9.55 Å². The monoisotopic (exact) mass is 290 g/mol. The van der Waals surface area contributed by atoms with E-state index in [9.17, 15) is 13.2 Å². The second-order valence-corrected chi connectivity index (χ2v) is 5.01. The molecule has 3 aromatic rings. The number of benzene rings is 1. The molecule has 0 atom stereocenters. The zero-order chi connectivity index (χ0) is 15.2. The van der Waals surface area contributed by atoms with Crippen LogP contribution in [0.1, 0.15) is 17.0 Å². The van der Waals surface area contributed by atoms with Crippen molar-refractivity contribution in [3.8, 4) is 5.69 Å². The summed E-state index contributed by atoms with van der Waals surface area (Å²) in [6.07, 6.45) is -2.93. The highest BCUT2D eigenvalue weighted by molar-refractivity contribution is 5.82. The van der Waals surface area contributed by atoms with E-state index in [1.54, 1.807) is 36.6 Å². The Kier molecular flexibility index (Phi) is 3.01. The minimum Gasteiger partial charge on any atom is -0.318 e. The molecule has 0 spiro atoms. The topological polar surface area (TPSA) is 17.8 Å². The number of hydrogen-bond donors (Lipinski definition) is 0. The Morgan fingerprint density at radius 3 is 2.29 bits per heavy atom. The first-order valence-corrected chi connectivity index (χ1v) is 6.49. The van der Waals surface area contributed by atoms with Crippen molar-refractivity contribution < 1.29 is 13.2 Å². The molecule has 0 fully saturated rings. The summed E-state index contributed by atoms with van der Waals surface area (Å²) in [6.45, 7) is 3.58. The quantitative estimate of drug-likeness (QED) is 0.637. The second kappa shape index (κ2) is 4.62. The highest BCUT2D eigenvalue weighted by atomic mass is 19.4. The van der Waals surface area contributed by atoms with Crippen LogP contribution in [0.3, 0.4) is 0 Å². The van der Waals surface area contributed by atoms with Crippen LogP contribution in [0.5, 0.6) is 0 Å². The fraction of sp³-hybridized carbons (Fsp3) is 0.188. The van der Waals surface area contributed by atoms with E-state index in [-0.39, 0.29) is 5.69 Å². The number of pyridine rings is 1. The van der Waals surface area contributed by atoms with Gasteiger partial charge in [0.05, 0.1) is 16.8 Å². The standard InChI is InChI=1S/C16H13F3N2/c1-10-5-6-11(2)21(10)15-8-12-4-3-7-20-14(12)9-13(15)16(17,18)19/h3-9H,1-2H3. The van der Waals surface area contributed by atoms with Crippen molar-refractivity contribution in [2.45, 2.75) is 20.0 Å². The molecule has 1 aromatic carbocycles. The summed E-state index contributed by atoms with van der Waals surface area (Å²) in [4.78, 5) is 4.01. The molecule has 0 amide bonds. The third-order valence-electron chi connectivity index (χ3n) is 3.54. The molecule has 0 saturated carbocycles. The third-order valence-corrected chi connectivity index (χ3v) is 3.54. The van der Waals surface area contributed by atoms with Crippen molar-refractivity contribution in [2.75, 3.05) is 0 Å². The van der Waals surface area contributed by atoms with E-state index in [2.05, 4.69) is 4.98 Å². The van der Waals surface area contributed by atoms with E-state index in [4.69, 9.17) is 0 Å². The van der Waals surface area contributed by atoms with Gasteiger partial charge < -0.3 is 4.57 Å². The summed E-state index contributed by atoms with van der Waals surface area (Å²) in [6, 6.07) is 9.76. The number of hydrogen-bond acceptors (Lipinski definition) is 1. The number of nitrogens with zero attached hydrogens (tertiary/aromatic N) is 2. The second-order valence-electron chi connectivity index (χ2n) is 5.01. The van der Waals surface area contributed by atoms with E-state index in [0.29, 0.717) is 10.9 Å². The summed E-state index contributed by atoms with van der Waals surface area (Å²) in [5.74, 6) is 0. The maximum absolute atomic E-state index is 13.4. The van der Waals surface area contributed by atoms with E-state index < -0.39 is 11.7 Å². The molecular weight excluding hydrogens is 277 g/mol. The predicted molar refractivity (Wildman–Crippen MR) is 75.5 cm³/mol. The molecule has 3 rings (SSSR count). The summed E-state index contributed by atoms with van der Waals surface area (Å²) < 4.78 is 41.8. The molecule has 0 aliphatic heterocycles. The molecule has 0 aliphatic carbocycles. The summed E-state index contributed by atoms with van der Waals surface area (Å²) in [7, 11) is 0. The molecule has 2 aromatic heterocycles. The number of halogens is 3. The van der Waals surface area contributed by atoms with Gasteiger partial charge >= 0.3 is 6.18 Å². The van der Waals surface area contributed by atoms with Crippen LogP contribution < -0.4 is 0 Å². The molecule has 2 nitrogen and oxygen atoms in total. The van der Waals surface area contributed by atoms with Gasteiger partial charge in [-0.15, -0.1) is 0 Å². The molecule has 108 valence electrons. The zero-order valence-corrected chi connectivity index (χ0v) is 11.6. The van der Waals surface area contributed by atoms with E-state index in [1.807, 2.05) is 12.1 Å². The minimum absolute atomic E-state index is 0.142. The Balaban J connectivity index is 2.39. The van der Waals surface area contributed by atoms with Crippen LogP contribution in [0.15, 0.2) is 42.6 Å². The summed E-state index contributed by atoms with van der Waals surface area (Å²) in [5, 5.41) is 0.688. The number of alkyl halides is 3. The maximum Gasteiger partial charge on any atom is 0.418 e. The lowest BCUT2D eigenvalue weighted by Crippen LogP contribution is -2.12. The van der Waals surface area contributed by atoms with Crippen LogP contribution in [0.25, 0.3) is 16.6 Å². The number of fused-ring (bicyclic) bond motifs is 1. The maximum atomic E-state index is 13.4. The van der Waals surface area contributed by atoms with Crippen LogP contribution in [-0.2, 0) is 6.18 Å². The SMILES string of the molecule is Cc1ccc(C)n1-c1cc2cccnc2cc1C(F)(F)F. The molecule has 0 radical (unpaired) electrons. The first kappa shape index (κ1) is 13.7. The Labute approximate surface area is 119 Å². The smallest absolute Gasteiger partial charge is 0.318 e. The third kappa shape index (κ3) is 2.28. The number of aryl methyl sites for hydroxylation is 2. The zero-order valence-electron chi connectivity index (χ0n) is 11.6. The van der Waals surface area contributed by atoms with Gasteiger partial charge in [-0.25, -0.2) is 0 Å². The van der Waals surface area contributed by atoms with Crippen molar-refractivity contribution in [3.63, 3.8) is 0 Å². The number of rotatable bonds is 1. The van der Waals surface area contributed by atoms with Gasteiger partial charge in [-0.05, 0) is 44.2 Å². The molecule has 5 heteroatoms. The lowest BCUT2D eigenvalue weighted by atomic mass is 10.1. The highest BCUT2D eigenvalue weighted by Crippen LogP contribution is 2.37. The molecular formula is C16H13F3N2. The lowest BCUT2D eigenvalue weighted by Gasteiger charge is -2.17. The van der Waals surface area contributed by atoms with Gasteiger partial charge in [0.25, 0.3) is 0 Å². The van der Waals surface area contributed by atoms with Crippen LogP contribution in [0.2, 0.25) is 0 Å². The fourth-order valence-corrected chi connectivity index (χ4v) is 2.57. The predicted octanol–water partition coefficient (Wildman–Crippen LogP) is 4.66. The summed E-state index contributed by atoms with van der Waals surface area (Å²) in [5.41, 5.74) is 1.35. The molecule has 0 saturated heterocycles. The van der Waals surface area contributed by atoms with Gasteiger partial charge in [0.1, 0.15) is 0 Å². The Morgan fingerprint density at radius 2 is 1.67 bits per heavy atom. The van der Waals surface area contributed by atoms with E-state index in [1.165, 1.54) is 6.20 Å². The Hall–Kier alpha value is -2.30. The van der Waals surface area contributed by atoms with Gasteiger partial charge in [0, 0.05) is 23.0 Å². The van der Waals surface area contributed by atoms with Crippen LogP contribution in [0.4, 0.5) is 13.2 Å². The van der Waals surface area contributed by atoms with Gasteiger partial charge in [-0.1, -0.05) is 6.07 Å². The number of aromatic nitrogens is 2.